The quantitative estimate of drug-likeness (QED) is 0.697. The molecule has 0 heterocycles. The molecular weight excluding hydrogens is 186 g/mol. The van der Waals surface area contributed by atoms with Gasteiger partial charge in [0, 0.05) is 12.5 Å². The summed E-state index contributed by atoms with van der Waals surface area (Å²) in [7, 11) is 2.21. The summed E-state index contributed by atoms with van der Waals surface area (Å²) < 4.78 is 0. The molecule has 15 heavy (non-hydrogen) atoms. The monoisotopic (exact) mass is 211 g/mol. The highest BCUT2D eigenvalue weighted by molar-refractivity contribution is 5.75. The van der Waals surface area contributed by atoms with E-state index in [-0.39, 0.29) is 0 Å². The van der Waals surface area contributed by atoms with Crippen LogP contribution in [-0.2, 0) is 4.79 Å². The Bertz CT molecular complexity index is 195. The van der Waals surface area contributed by atoms with Gasteiger partial charge in [-0.15, -0.1) is 0 Å². The molecule has 0 radical (unpaired) electrons. The van der Waals surface area contributed by atoms with Gasteiger partial charge in [0.05, 0.1) is 0 Å². The largest absolute Gasteiger partial charge is 0.303 e. The van der Waals surface area contributed by atoms with E-state index in [0.717, 1.165) is 31.3 Å². The van der Waals surface area contributed by atoms with Crippen molar-refractivity contribution in [2.24, 2.45) is 5.92 Å². The van der Waals surface area contributed by atoms with Crippen molar-refractivity contribution < 1.29 is 4.79 Å². The number of nitrogens with zero attached hydrogens (tertiary/aromatic N) is 1. The maximum absolute atomic E-state index is 10.8. The fraction of sp³-hybridized carbons (Fsp3) is 0.923. The van der Waals surface area contributed by atoms with Crippen molar-refractivity contribution in [3.63, 3.8) is 0 Å². The Morgan fingerprint density at radius 1 is 1.27 bits per heavy atom. The summed E-state index contributed by atoms with van der Waals surface area (Å²) in [6.45, 7) is 5.12. The van der Waals surface area contributed by atoms with Gasteiger partial charge in [-0.1, -0.05) is 6.92 Å². The minimum Gasteiger partial charge on any atom is -0.303 e. The molecule has 2 heteroatoms. The average Bonchev–Trinajstić information content (AvgIpc) is 2.18. The van der Waals surface area contributed by atoms with Gasteiger partial charge in [0.25, 0.3) is 0 Å². The Balaban J connectivity index is 2.16. The molecule has 0 spiro atoms. The van der Waals surface area contributed by atoms with Gasteiger partial charge < -0.3 is 9.69 Å². The first-order valence-electron chi connectivity index (χ1n) is 6.29. The van der Waals surface area contributed by atoms with Crippen LogP contribution in [0.5, 0.6) is 0 Å². The molecule has 0 aromatic carbocycles. The van der Waals surface area contributed by atoms with Crippen molar-refractivity contribution in [2.45, 2.75) is 58.4 Å². The van der Waals surface area contributed by atoms with Gasteiger partial charge in [0.1, 0.15) is 5.78 Å². The van der Waals surface area contributed by atoms with Crippen molar-refractivity contribution >= 4 is 5.78 Å². The normalized spacial score (nSPS) is 26.9. The maximum atomic E-state index is 10.8. The molecule has 0 N–H and O–H groups in total. The van der Waals surface area contributed by atoms with E-state index in [1.54, 1.807) is 6.92 Å². The number of carbonyl (C=O) groups is 1. The van der Waals surface area contributed by atoms with Crippen LogP contribution in [0.2, 0.25) is 0 Å². The van der Waals surface area contributed by atoms with Crippen molar-refractivity contribution in [1.29, 1.82) is 0 Å². The highest BCUT2D eigenvalue weighted by Gasteiger charge is 2.21. The summed E-state index contributed by atoms with van der Waals surface area (Å²) in [6.07, 6.45) is 7.21. The highest BCUT2D eigenvalue weighted by Crippen LogP contribution is 2.26. The van der Waals surface area contributed by atoms with Crippen LogP contribution in [0.3, 0.4) is 0 Å². The summed E-state index contributed by atoms with van der Waals surface area (Å²) in [5.41, 5.74) is 0. The third-order valence-corrected chi connectivity index (χ3v) is 3.65. The molecule has 1 fully saturated rings. The number of hydrogen-bond acceptors (Lipinski definition) is 2. The Kier molecular flexibility index (Phi) is 5.30. The molecule has 0 amide bonds. The van der Waals surface area contributed by atoms with E-state index in [0.29, 0.717) is 5.78 Å². The van der Waals surface area contributed by atoms with Gasteiger partial charge in [-0.25, -0.2) is 0 Å². The zero-order valence-electron chi connectivity index (χ0n) is 10.5. The van der Waals surface area contributed by atoms with Crippen LogP contribution in [0.25, 0.3) is 0 Å². The van der Waals surface area contributed by atoms with Gasteiger partial charge in [0.15, 0.2) is 0 Å². The Hall–Kier alpha value is -0.370. The lowest BCUT2D eigenvalue weighted by molar-refractivity contribution is -0.117. The van der Waals surface area contributed by atoms with E-state index in [1.807, 2.05) is 0 Å². The smallest absolute Gasteiger partial charge is 0.129 e. The van der Waals surface area contributed by atoms with Crippen LogP contribution in [0.15, 0.2) is 0 Å². The van der Waals surface area contributed by atoms with Crippen LogP contribution in [0, 0.1) is 5.92 Å². The number of rotatable bonds is 5. The van der Waals surface area contributed by atoms with Crippen molar-refractivity contribution in [1.82, 2.24) is 4.90 Å². The van der Waals surface area contributed by atoms with E-state index in [1.165, 1.54) is 25.7 Å². The van der Waals surface area contributed by atoms with Crippen LogP contribution >= 0.6 is 0 Å². The summed E-state index contributed by atoms with van der Waals surface area (Å²) in [6, 6.07) is 0.771. The first-order valence-corrected chi connectivity index (χ1v) is 6.29. The van der Waals surface area contributed by atoms with Crippen molar-refractivity contribution in [3.8, 4) is 0 Å². The number of Topliss-reactive ketones (excluding diaryl/α,β-unsaturated/α-hetero) is 1. The van der Waals surface area contributed by atoms with E-state index in [2.05, 4.69) is 18.9 Å². The predicted octanol–water partition coefficient (Wildman–Crippen LogP) is 2.87. The van der Waals surface area contributed by atoms with Gasteiger partial charge in [0.2, 0.25) is 0 Å². The predicted molar refractivity (Wildman–Crippen MR) is 64.0 cm³/mol. The lowest BCUT2D eigenvalue weighted by Crippen LogP contribution is -2.35. The van der Waals surface area contributed by atoms with Gasteiger partial charge >= 0.3 is 0 Å². The first-order chi connectivity index (χ1) is 7.09. The maximum Gasteiger partial charge on any atom is 0.129 e. The molecular formula is C13H25NO. The van der Waals surface area contributed by atoms with Gasteiger partial charge in [-0.05, 0) is 58.5 Å². The molecule has 0 aliphatic heterocycles. The minimum atomic E-state index is 0.320. The summed E-state index contributed by atoms with van der Waals surface area (Å²) >= 11 is 0. The molecule has 0 aromatic heterocycles. The molecule has 0 atom stereocenters. The zero-order valence-corrected chi connectivity index (χ0v) is 10.5. The van der Waals surface area contributed by atoms with Crippen LogP contribution in [0.1, 0.15) is 52.4 Å². The van der Waals surface area contributed by atoms with Crippen molar-refractivity contribution in [2.75, 3.05) is 13.6 Å². The second-order valence-electron chi connectivity index (χ2n) is 5.20. The highest BCUT2D eigenvalue weighted by atomic mass is 16.1. The van der Waals surface area contributed by atoms with Crippen LogP contribution in [0.4, 0.5) is 0 Å². The van der Waals surface area contributed by atoms with Gasteiger partial charge in [-0.3, -0.25) is 0 Å². The van der Waals surface area contributed by atoms with E-state index in [4.69, 9.17) is 0 Å². The number of ketones is 1. The molecule has 1 aliphatic carbocycles. The number of hydrogen-bond donors (Lipinski definition) is 0. The lowest BCUT2D eigenvalue weighted by Gasteiger charge is -2.33. The van der Waals surface area contributed by atoms with E-state index < -0.39 is 0 Å². The zero-order chi connectivity index (χ0) is 11.3. The minimum absolute atomic E-state index is 0.320. The SMILES string of the molecule is CC(=O)CCCN(C)C1CCC(C)CC1. The molecule has 0 aromatic rings. The molecule has 0 saturated heterocycles. The van der Waals surface area contributed by atoms with Crippen LogP contribution < -0.4 is 0 Å². The summed E-state index contributed by atoms with van der Waals surface area (Å²) in [5, 5.41) is 0. The summed E-state index contributed by atoms with van der Waals surface area (Å²) in [4.78, 5) is 13.3. The molecule has 1 saturated carbocycles. The third-order valence-electron chi connectivity index (χ3n) is 3.65. The fourth-order valence-corrected chi connectivity index (χ4v) is 2.44. The van der Waals surface area contributed by atoms with Crippen LogP contribution in [-0.4, -0.2) is 30.3 Å². The standard InChI is InChI=1S/C13H25NO/c1-11-6-8-13(9-7-11)14(3)10-4-5-12(2)15/h11,13H,4-10H2,1-3H3. The topological polar surface area (TPSA) is 20.3 Å². The van der Waals surface area contributed by atoms with E-state index >= 15 is 0 Å². The lowest BCUT2D eigenvalue weighted by atomic mass is 9.87. The number of carbonyl (C=O) groups excluding carboxylic acids is 1. The average molecular weight is 211 g/mol. The van der Waals surface area contributed by atoms with E-state index in [9.17, 15) is 4.79 Å². The van der Waals surface area contributed by atoms with Gasteiger partial charge in [-0.2, -0.15) is 0 Å². The Labute approximate surface area is 94.0 Å². The second kappa shape index (κ2) is 6.26. The third kappa shape index (κ3) is 4.78. The first kappa shape index (κ1) is 12.7. The Morgan fingerprint density at radius 3 is 2.40 bits per heavy atom. The molecule has 1 rings (SSSR count). The Morgan fingerprint density at radius 2 is 1.87 bits per heavy atom. The molecule has 2 nitrogen and oxygen atoms in total. The summed E-state index contributed by atoms with van der Waals surface area (Å²) in [5.74, 6) is 1.24. The molecule has 0 bridgehead atoms. The second-order valence-corrected chi connectivity index (χ2v) is 5.20. The molecule has 88 valence electrons. The van der Waals surface area contributed by atoms with Crippen molar-refractivity contribution in [3.05, 3.63) is 0 Å². The molecule has 0 unspecified atom stereocenters. The molecule has 1 aliphatic rings. The fourth-order valence-electron chi connectivity index (χ4n) is 2.44.